The Kier molecular flexibility index (Phi) is 15.6. The van der Waals surface area contributed by atoms with E-state index in [0.29, 0.717) is 6.54 Å². The van der Waals surface area contributed by atoms with Crippen LogP contribution in [0.2, 0.25) is 0 Å². The molecule has 0 unspecified atom stereocenters. The summed E-state index contributed by atoms with van der Waals surface area (Å²) in [5, 5.41) is 2.32. The summed E-state index contributed by atoms with van der Waals surface area (Å²) >= 11 is 0.888. The van der Waals surface area contributed by atoms with Gasteiger partial charge >= 0.3 is 0 Å². The minimum absolute atomic E-state index is 0.0172. The molecule has 156 valence electrons. The van der Waals surface area contributed by atoms with Gasteiger partial charge in [0.1, 0.15) is 0 Å². The number of hydrogen-bond donors (Lipinski definition) is 2. The molecule has 0 aliphatic carbocycles. The van der Waals surface area contributed by atoms with Gasteiger partial charge in [0.2, 0.25) is 17.7 Å². The third kappa shape index (κ3) is 16.3. The van der Waals surface area contributed by atoms with Gasteiger partial charge in [-0.3, -0.25) is 19.2 Å². The largest absolute Gasteiger partial charge is 0.368 e. The molecule has 0 aromatic rings. The third-order valence-electron chi connectivity index (χ3n) is 4.07. The van der Waals surface area contributed by atoms with Gasteiger partial charge in [-0.15, -0.1) is 0 Å². The molecule has 3 amide bonds. The van der Waals surface area contributed by atoms with Gasteiger partial charge in [-0.2, -0.15) is 0 Å². The van der Waals surface area contributed by atoms with E-state index in [1.807, 2.05) is 0 Å². The predicted octanol–water partition coefficient (Wildman–Crippen LogP) is 2.23. The highest BCUT2D eigenvalue weighted by atomic mass is 32.2. The first-order valence-corrected chi connectivity index (χ1v) is 10.8. The summed E-state index contributed by atoms with van der Waals surface area (Å²) in [6.45, 7) is 3.70. The molecule has 0 aromatic heterocycles. The summed E-state index contributed by atoms with van der Waals surface area (Å²) in [4.78, 5) is 47.2. The zero-order valence-electron chi connectivity index (χ0n) is 16.8. The lowest BCUT2D eigenvalue weighted by Gasteiger charge is -2.21. The van der Waals surface area contributed by atoms with Crippen LogP contribution in [0.4, 0.5) is 0 Å². The van der Waals surface area contributed by atoms with Gasteiger partial charge in [0.05, 0.1) is 18.8 Å². The maximum absolute atomic E-state index is 12.2. The number of amides is 3. The number of carbonyl (C=O) groups is 4. The molecule has 7 nitrogen and oxygen atoms in total. The second-order valence-electron chi connectivity index (χ2n) is 6.67. The number of primary amides is 1. The molecule has 3 N–H and O–H groups in total. The van der Waals surface area contributed by atoms with Gasteiger partial charge in [-0.25, -0.2) is 0 Å². The third-order valence-corrected chi connectivity index (χ3v) is 4.89. The molecule has 0 atom stereocenters. The second-order valence-corrected chi connectivity index (χ2v) is 7.82. The van der Waals surface area contributed by atoms with Crippen LogP contribution in [-0.4, -0.2) is 53.1 Å². The molecule has 0 radical (unpaired) electrons. The van der Waals surface area contributed by atoms with Crippen LogP contribution in [0.15, 0.2) is 0 Å². The van der Waals surface area contributed by atoms with E-state index in [1.54, 1.807) is 0 Å². The Hall–Kier alpha value is -1.57. The highest BCUT2D eigenvalue weighted by Gasteiger charge is 2.16. The van der Waals surface area contributed by atoms with Crippen molar-refractivity contribution < 1.29 is 19.2 Å². The molecule has 0 aliphatic heterocycles. The van der Waals surface area contributed by atoms with Crippen molar-refractivity contribution in [2.75, 3.05) is 25.4 Å². The van der Waals surface area contributed by atoms with Crippen molar-refractivity contribution in [2.24, 2.45) is 5.73 Å². The number of thioether (sulfide) groups is 1. The molecule has 0 saturated heterocycles. The van der Waals surface area contributed by atoms with Gasteiger partial charge in [0, 0.05) is 13.5 Å². The predicted molar refractivity (Wildman–Crippen MR) is 109 cm³/mol. The summed E-state index contributed by atoms with van der Waals surface area (Å²) in [6, 6.07) is 0. The lowest BCUT2D eigenvalue weighted by atomic mass is 10.1. The van der Waals surface area contributed by atoms with E-state index >= 15 is 0 Å². The van der Waals surface area contributed by atoms with Crippen LogP contribution < -0.4 is 11.1 Å². The van der Waals surface area contributed by atoms with Crippen LogP contribution in [-0.2, 0) is 19.2 Å². The van der Waals surface area contributed by atoms with Gasteiger partial charge in [-0.1, -0.05) is 70.1 Å². The van der Waals surface area contributed by atoms with Crippen LogP contribution in [0.25, 0.3) is 0 Å². The van der Waals surface area contributed by atoms with Crippen LogP contribution >= 0.6 is 11.8 Å². The minimum atomic E-state index is -0.572. The Morgan fingerprint density at radius 1 is 0.926 bits per heavy atom. The van der Waals surface area contributed by atoms with Crippen LogP contribution in [0.1, 0.15) is 71.6 Å². The summed E-state index contributed by atoms with van der Waals surface area (Å²) < 4.78 is 0. The number of nitrogens with two attached hydrogens (primary N) is 1. The molecule has 0 rings (SSSR count). The zero-order chi connectivity index (χ0) is 20.5. The maximum atomic E-state index is 12.2. The summed E-state index contributed by atoms with van der Waals surface area (Å²) in [5.41, 5.74) is 5.22. The molecular formula is C19H35N3O4S. The van der Waals surface area contributed by atoms with E-state index in [1.165, 1.54) is 50.3 Å². The van der Waals surface area contributed by atoms with E-state index in [0.717, 1.165) is 31.0 Å². The minimum Gasteiger partial charge on any atom is -0.368 e. The quantitative estimate of drug-likeness (QED) is 0.385. The topological polar surface area (TPSA) is 110 Å². The van der Waals surface area contributed by atoms with Crippen molar-refractivity contribution in [3.05, 3.63) is 0 Å². The van der Waals surface area contributed by atoms with E-state index < -0.39 is 5.91 Å². The lowest BCUT2D eigenvalue weighted by molar-refractivity contribution is -0.135. The molecule has 0 aromatic carbocycles. The highest BCUT2D eigenvalue weighted by molar-refractivity contribution is 8.14. The molecule has 8 heteroatoms. The molecule has 0 fully saturated rings. The van der Waals surface area contributed by atoms with Crippen molar-refractivity contribution in [2.45, 2.75) is 71.6 Å². The molecule has 0 aliphatic rings. The number of nitrogens with zero attached hydrogens (tertiary/aromatic N) is 1. The zero-order valence-corrected chi connectivity index (χ0v) is 17.6. The van der Waals surface area contributed by atoms with Crippen LogP contribution in [0.3, 0.4) is 0 Å². The van der Waals surface area contributed by atoms with Gasteiger partial charge < -0.3 is 16.0 Å². The first-order valence-electron chi connectivity index (χ1n) is 9.83. The van der Waals surface area contributed by atoms with E-state index in [9.17, 15) is 19.2 Å². The average molecular weight is 402 g/mol. The fraction of sp³-hybridized carbons (Fsp3) is 0.789. The molecule has 0 heterocycles. The average Bonchev–Trinajstić information content (AvgIpc) is 2.61. The molecule has 27 heavy (non-hydrogen) atoms. The lowest BCUT2D eigenvalue weighted by Crippen LogP contribution is -2.44. The first-order chi connectivity index (χ1) is 12.9. The monoisotopic (exact) mass is 401 g/mol. The summed E-state index contributed by atoms with van der Waals surface area (Å²) in [6.07, 6.45) is 10.5. The normalized spacial score (nSPS) is 10.4. The Morgan fingerprint density at radius 3 is 2.00 bits per heavy atom. The van der Waals surface area contributed by atoms with Gasteiger partial charge in [-0.05, 0) is 6.42 Å². The molecular weight excluding hydrogens is 366 g/mol. The highest BCUT2D eigenvalue weighted by Crippen LogP contribution is 2.10. The van der Waals surface area contributed by atoms with Crippen LogP contribution in [0.5, 0.6) is 0 Å². The van der Waals surface area contributed by atoms with Gasteiger partial charge in [0.25, 0.3) is 0 Å². The van der Waals surface area contributed by atoms with Gasteiger partial charge in [0.15, 0.2) is 5.12 Å². The van der Waals surface area contributed by atoms with Crippen molar-refractivity contribution in [1.29, 1.82) is 0 Å². The van der Waals surface area contributed by atoms with E-state index in [2.05, 4.69) is 12.2 Å². The summed E-state index contributed by atoms with van der Waals surface area (Å²) in [5.74, 6) is -1.31. The van der Waals surface area contributed by atoms with E-state index in [-0.39, 0.29) is 35.8 Å². The number of carbonyl (C=O) groups excluding carboxylic acids is 4. The van der Waals surface area contributed by atoms with E-state index in [4.69, 9.17) is 5.73 Å². The Bertz CT molecular complexity index is 472. The Balaban J connectivity index is 4.04. The number of unbranched alkanes of at least 4 members (excludes halogenated alkanes) is 8. The number of rotatable bonds is 16. The number of hydrogen-bond acceptors (Lipinski definition) is 5. The van der Waals surface area contributed by atoms with Crippen molar-refractivity contribution >= 4 is 34.6 Å². The second kappa shape index (κ2) is 16.6. The van der Waals surface area contributed by atoms with Crippen molar-refractivity contribution in [3.8, 4) is 0 Å². The fourth-order valence-corrected chi connectivity index (χ4v) is 3.03. The SMILES string of the molecule is CCCCCCCCCCCN(CC(N)=O)C(=O)CNC(=O)CSC(C)=O. The van der Waals surface area contributed by atoms with Crippen molar-refractivity contribution in [1.82, 2.24) is 10.2 Å². The smallest absolute Gasteiger partial charge is 0.242 e. The summed E-state index contributed by atoms with van der Waals surface area (Å²) in [7, 11) is 0. The molecule has 0 spiro atoms. The van der Waals surface area contributed by atoms with Crippen molar-refractivity contribution in [3.63, 3.8) is 0 Å². The Morgan fingerprint density at radius 2 is 1.48 bits per heavy atom. The standard InChI is InChI=1S/C19H35N3O4S/c1-3-4-5-6-7-8-9-10-11-12-22(14-17(20)24)19(26)13-21-18(25)15-27-16(2)23/h3-15H2,1-2H3,(H2,20,24)(H,21,25). The Labute approximate surface area is 167 Å². The first kappa shape index (κ1) is 25.4. The fourth-order valence-electron chi connectivity index (χ4n) is 2.60. The molecule has 0 saturated carbocycles. The van der Waals surface area contributed by atoms with Crippen LogP contribution in [0, 0.1) is 0 Å². The molecule has 0 bridgehead atoms. The maximum Gasteiger partial charge on any atom is 0.242 e. The number of nitrogens with one attached hydrogen (secondary N) is 1.